The van der Waals surface area contributed by atoms with Crippen LogP contribution in [0.1, 0.15) is 38.5 Å². The lowest BCUT2D eigenvalue weighted by atomic mass is 9.88. The van der Waals surface area contributed by atoms with Gasteiger partial charge in [0.15, 0.2) is 0 Å². The number of halogens is 34. The number of ether oxygens (including phenoxy) is 2. The Bertz CT molecular complexity index is 1850. The maximum absolute atomic E-state index is 14.1. The lowest BCUT2D eigenvalue weighted by Gasteiger charge is -2.42. The van der Waals surface area contributed by atoms with Crippen molar-refractivity contribution in [2.75, 3.05) is 80.7 Å². The normalized spacial score (nSPS) is 15.6. The topological polar surface area (TPSA) is 76.7 Å². The number of unbranched alkanes of at least 4 members (excludes halogenated alkanes) is 3. The number of amides is 2. The minimum atomic E-state index is -8.80. The Morgan fingerprint density at radius 3 is 0.731 bits per heavy atom. The van der Waals surface area contributed by atoms with Gasteiger partial charge in [-0.15, -0.1) is 0 Å². The molecule has 0 aliphatic heterocycles. The molecular formula is C36H42F34N4O4+2. The van der Waals surface area contributed by atoms with Crippen LogP contribution in [0.2, 0.25) is 0 Å². The van der Waals surface area contributed by atoms with E-state index in [-0.39, 0.29) is 35.1 Å². The van der Waals surface area contributed by atoms with Crippen molar-refractivity contribution in [1.29, 1.82) is 0 Å². The van der Waals surface area contributed by atoms with E-state index in [9.17, 15) is 159 Å². The van der Waals surface area contributed by atoms with Gasteiger partial charge in [-0.25, -0.2) is 9.59 Å². The van der Waals surface area contributed by atoms with E-state index in [1.807, 2.05) is 0 Å². The summed E-state index contributed by atoms with van der Waals surface area (Å²) in [7, 11) is 5.99. The summed E-state index contributed by atoms with van der Waals surface area (Å²) in [5.41, 5.74) is 0. The number of rotatable bonds is 31. The molecule has 8 nitrogen and oxygen atoms in total. The number of hydrogen-bond acceptors (Lipinski definition) is 4. The number of carbonyl (C=O) groups excluding carboxylic acids is 2. The standard InChI is InChI=1S/C36H40F34N4O4/c1-73(2,15-17-77-19(75)71-11-9-21(37,38)23(41,42)25(45,46)27(49,50)29(53,54)31(57,58)33(61,62)35(65,66)67)13-7-5-6-8-14-74(3,4)16-18-78-20(76)72-12-10-22(39,40)24(43,44)26(47,48)28(51,52)30(55,56)32(59,60)34(63,64)36(68,69)70/h5-18H2,1-4H3/p+2. The Labute approximate surface area is 415 Å². The van der Waals surface area contributed by atoms with Gasteiger partial charge in [0.05, 0.1) is 41.3 Å². The van der Waals surface area contributed by atoms with Crippen molar-refractivity contribution < 1.29 is 177 Å². The smallest absolute Gasteiger partial charge is 0.444 e. The van der Waals surface area contributed by atoms with E-state index in [0.29, 0.717) is 25.7 Å². The molecule has 466 valence electrons. The molecule has 2 N–H and O–H groups in total. The molecule has 0 saturated carbocycles. The predicted molar refractivity (Wildman–Crippen MR) is 191 cm³/mol. The highest BCUT2D eigenvalue weighted by Gasteiger charge is 2.97. The van der Waals surface area contributed by atoms with Gasteiger partial charge < -0.3 is 29.1 Å². The number of alkyl carbamates (subject to hydrolysis) is 2. The fraction of sp³-hybridized carbons (Fsp3) is 0.944. The average Bonchev–Trinajstić information content (AvgIpc) is 3.22. The van der Waals surface area contributed by atoms with Crippen LogP contribution in [0.4, 0.5) is 159 Å². The first-order valence-corrected chi connectivity index (χ1v) is 20.8. The summed E-state index contributed by atoms with van der Waals surface area (Å²) >= 11 is 0. The van der Waals surface area contributed by atoms with E-state index in [1.54, 1.807) is 0 Å². The molecule has 0 aromatic rings. The van der Waals surface area contributed by atoms with Crippen molar-refractivity contribution in [3.8, 4) is 0 Å². The first-order chi connectivity index (χ1) is 33.9. The molecule has 0 spiro atoms. The number of alkyl halides is 34. The molecule has 0 atom stereocenters. The molecular weight excluding hydrogens is 1200 g/mol. The summed E-state index contributed by atoms with van der Waals surface area (Å²) in [6, 6.07) is 0. The van der Waals surface area contributed by atoms with Crippen LogP contribution in [-0.2, 0) is 9.47 Å². The predicted octanol–water partition coefficient (Wildman–Crippen LogP) is 13.0. The van der Waals surface area contributed by atoms with Gasteiger partial charge in [-0.05, 0) is 25.7 Å². The van der Waals surface area contributed by atoms with E-state index in [2.05, 4.69) is 9.47 Å². The summed E-state index contributed by atoms with van der Waals surface area (Å²) in [5, 5.41) is 2.44. The molecule has 0 unspecified atom stereocenters. The zero-order chi connectivity index (χ0) is 62.9. The molecule has 0 heterocycles. The highest BCUT2D eigenvalue weighted by Crippen LogP contribution is 2.66. The number of quaternary nitrogens is 2. The Hall–Kier alpha value is -3.92. The Balaban J connectivity index is 5.07. The molecule has 0 saturated heterocycles. The Morgan fingerprint density at radius 1 is 0.308 bits per heavy atom. The SMILES string of the molecule is C[N+](C)(CCCCCC[N+](C)(C)CCOC(=O)NCCC(F)(F)C(F)(F)C(F)(F)C(F)(F)C(F)(F)C(F)(F)C(F)(F)C(F)(F)F)CCOC(=O)NCCC(F)(F)C(F)(F)C(F)(F)C(F)(F)C(F)(F)C(F)(F)C(F)(F)C(F)(F)F. The summed E-state index contributed by atoms with van der Waals surface area (Å²) < 4.78 is 465. The van der Waals surface area contributed by atoms with Gasteiger partial charge in [-0.1, -0.05) is 0 Å². The highest BCUT2D eigenvalue weighted by atomic mass is 19.4. The molecule has 0 bridgehead atoms. The largest absolute Gasteiger partial charge is 0.460 e. The average molecular weight is 1240 g/mol. The Morgan fingerprint density at radius 2 is 0.513 bits per heavy atom. The summed E-state index contributed by atoms with van der Waals surface area (Å²) in [6.45, 7) is -5.05. The van der Waals surface area contributed by atoms with Gasteiger partial charge in [-0.2, -0.15) is 149 Å². The van der Waals surface area contributed by atoms with Gasteiger partial charge >= 0.3 is 107 Å². The van der Waals surface area contributed by atoms with Gasteiger partial charge in [0.25, 0.3) is 0 Å². The third kappa shape index (κ3) is 14.0. The molecule has 0 fully saturated rings. The molecule has 0 aliphatic carbocycles. The van der Waals surface area contributed by atoms with Crippen molar-refractivity contribution in [2.45, 2.75) is 134 Å². The maximum Gasteiger partial charge on any atom is 0.460 e. The lowest BCUT2D eigenvalue weighted by molar-refractivity contribution is -0.891. The number of nitrogens with one attached hydrogen (secondary N) is 2. The molecule has 0 aromatic heterocycles. The minimum absolute atomic E-state index is 0.0264. The van der Waals surface area contributed by atoms with E-state index in [4.69, 9.17) is 0 Å². The number of carbonyl (C=O) groups is 2. The van der Waals surface area contributed by atoms with E-state index < -0.39 is 147 Å². The fourth-order valence-corrected chi connectivity index (χ4v) is 5.88. The monoisotopic (exact) mass is 1240 g/mol. The number of likely N-dealkylation sites (N-methyl/N-ethyl adjacent to an activating group) is 2. The van der Waals surface area contributed by atoms with E-state index in [1.165, 1.54) is 38.8 Å². The van der Waals surface area contributed by atoms with Crippen LogP contribution < -0.4 is 10.6 Å². The summed E-state index contributed by atoms with van der Waals surface area (Å²) in [5.74, 6) is -115. The second kappa shape index (κ2) is 23.1. The van der Waals surface area contributed by atoms with Gasteiger partial charge in [0.1, 0.15) is 26.3 Å². The lowest BCUT2D eigenvalue weighted by Crippen LogP contribution is -2.74. The molecule has 0 rings (SSSR count). The van der Waals surface area contributed by atoms with Gasteiger partial charge in [-0.3, -0.25) is 0 Å². The van der Waals surface area contributed by atoms with Crippen molar-refractivity contribution >= 4 is 12.2 Å². The summed E-state index contributed by atoms with van der Waals surface area (Å²) in [6.07, 6.45) is -23.7. The van der Waals surface area contributed by atoms with Crippen LogP contribution in [0.3, 0.4) is 0 Å². The molecule has 2 amide bonds. The second-order valence-electron chi connectivity index (χ2n) is 18.1. The third-order valence-corrected chi connectivity index (χ3v) is 11.1. The maximum atomic E-state index is 14.1. The first-order valence-electron chi connectivity index (χ1n) is 20.8. The van der Waals surface area contributed by atoms with Crippen molar-refractivity contribution in [1.82, 2.24) is 10.6 Å². The fourth-order valence-electron chi connectivity index (χ4n) is 5.88. The zero-order valence-electron chi connectivity index (χ0n) is 39.3. The quantitative estimate of drug-likeness (QED) is 0.0412. The number of hydrogen-bond donors (Lipinski definition) is 2. The highest BCUT2D eigenvalue weighted by molar-refractivity contribution is 5.67. The van der Waals surface area contributed by atoms with Crippen molar-refractivity contribution in [3.05, 3.63) is 0 Å². The van der Waals surface area contributed by atoms with Crippen molar-refractivity contribution in [2.24, 2.45) is 0 Å². The van der Waals surface area contributed by atoms with Gasteiger partial charge in [0, 0.05) is 25.9 Å². The van der Waals surface area contributed by atoms with Crippen LogP contribution in [0.15, 0.2) is 0 Å². The number of nitrogens with zero attached hydrogens (tertiary/aromatic N) is 2. The van der Waals surface area contributed by atoms with Gasteiger partial charge in [0.2, 0.25) is 0 Å². The molecule has 0 aromatic carbocycles. The van der Waals surface area contributed by atoms with Crippen LogP contribution in [0.25, 0.3) is 0 Å². The van der Waals surface area contributed by atoms with Crippen LogP contribution in [-0.4, -0.2) is 197 Å². The summed E-state index contributed by atoms with van der Waals surface area (Å²) in [4.78, 5) is 23.6. The van der Waals surface area contributed by atoms with E-state index >= 15 is 0 Å². The first kappa shape index (κ1) is 74.1. The van der Waals surface area contributed by atoms with Crippen LogP contribution in [0, 0.1) is 0 Å². The molecule has 78 heavy (non-hydrogen) atoms. The van der Waals surface area contributed by atoms with Crippen molar-refractivity contribution in [3.63, 3.8) is 0 Å². The minimum Gasteiger partial charge on any atom is -0.444 e. The Kier molecular flexibility index (Phi) is 22.0. The molecule has 0 radical (unpaired) electrons. The van der Waals surface area contributed by atoms with Crippen LogP contribution in [0.5, 0.6) is 0 Å². The molecule has 42 heteroatoms. The molecule has 0 aliphatic rings. The zero-order valence-corrected chi connectivity index (χ0v) is 39.3. The van der Waals surface area contributed by atoms with E-state index in [0.717, 1.165) is 0 Å². The van der Waals surface area contributed by atoms with Crippen LogP contribution >= 0.6 is 0 Å². The second-order valence-corrected chi connectivity index (χ2v) is 18.1. The third-order valence-electron chi connectivity index (χ3n) is 11.1.